The second kappa shape index (κ2) is 6.71. The van der Waals surface area contributed by atoms with Gasteiger partial charge in [0.1, 0.15) is 5.69 Å². The zero-order valence-electron chi connectivity index (χ0n) is 11.0. The smallest absolute Gasteiger partial charge is 0.323 e. The lowest BCUT2D eigenvalue weighted by Gasteiger charge is -2.06. The van der Waals surface area contributed by atoms with Crippen molar-refractivity contribution >= 4 is 34.9 Å². The van der Waals surface area contributed by atoms with E-state index in [0.29, 0.717) is 16.4 Å². The van der Waals surface area contributed by atoms with Crippen LogP contribution < -0.4 is 20.9 Å². The maximum absolute atomic E-state index is 11.8. The van der Waals surface area contributed by atoms with Gasteiger partial charge in [-0.3, -0.25) is 4.79 Å². The molecule has 0 fully saturated rings. The van der Waals surface area contributed by atoms with Crippen molar-refractivity contribution in [2.45, 2.75) is 6.54 Å². The Kier molecular flexibility index (Phi) is 4.73. The number of anilines is 2. The predicted octanol–water partition coefficient (Wildman–Crippen LogP) is 1.76. The number of urea groups is 1. The quantitative estimate of drug-likeness (QED) is 0.751. The number of amides is 3. The molecule has 0 aliphatic carbocycles. The SMILES string of the molecule is NC(=O)C[n+]1cccc(NC(=O)Nc2ccc(Cl)cc2)c1. The van der Waals surface area contributed by atoms with Gasteiger partial charge in [0.05, 0.1) is 0 Å². The average Bonchev–Trinajstić information content (AvgIpc) is 2.41. The summed E-state index contributed by atoms with van der Waals surface area (Å²) in [5, 5.41) is 5.92. The third-order valence-electron chi connectivity index (χ3n) is 2.56. The summed E-state index contributed by atoms with van der Waals surface area (Å²) in [4.78, 5) is 22.7. The van der Waals surface area contributed by atoms with Crippen molar-refractivity contribution in [1.82, 2.24) is 0 Å². The molecule has 0 saturated heterocycles. The van der Waals surface area contributed by atoms with Crippen LogP contribution in [0.15, 0.2) is 48.8 Å². The molecule has 1 aromatic heterocycles. The molecule has 1 heterocycles. The Morgan fingerprint density at radius 1 is 1.10 bits per heavy atom. The summed E-state index contributed by atoms with van der Waals surface area (Å²) in [7, 11) is 0. The summed E-state index contributed by atoms with van der Waals surface area (Å²) in [6, 6.07) is 9.77. The van der Waals surface area contributed by atoms with Gasteiger partial charge in [-0.05, 0) is 30.3 Å². The number of halogens is 1. The van der Waals surface area contributed by atoms with Gasteiger partial charge in [0.15, 0.2) is 12.4 Å². The maximum atomic E-state index is 11.8. The molecule has 6 nitrogen and oxygen atoms in total. The van der Waals surface area contributed by atoms with Gasteiger partial charge in [-0.2, -0.15) is 4.57 Å². The molecule has 3 amide bonds. The number of nitrogens with one attached hydrogen (secondary N) is 2. The van der Waals surface area contributed by atoms with Crippen LogP contribution in [0.4, 0.5) is 16.2 Å². The van der Waals surface area contributed by atoms with Gasteiger partial charge in [-0.25, -0.2) is 4.79 Å². The average molecular weight is 306 g/mol. The van der Waals surface area contributed by atoms with E-state index in [1.54, 1.807) is 53.4 Å². The molecule has 0 spiro atoms. The highest BCUT2D eigenvalue weighted by Gasteiger charge is 2.08. The summed E-state index contributed by atoms with van der Waals surface area (Å²) in [5.41, 5.74) is 6.29. The molecule has 0 atom stereocenters. The fourth-order valence-electron chi connectivity index (χ4n) is 1.70. The van der Waals surface area contributed by atoms with Gasteiger partial charge >= 0.3 is 6.03 Å². The maximum Gasteiger partial charge on any atom is 0.323 e. The molecule has 0 saturated carbocycles. The molecular formula is C14H14ClN4O2+. The van der Waals surface area contributed by atoms with Gasteiger partial charge in [-0.1, -0.05) is 11.6 Å². The minimum atomic E-state index is -0.456. The summed E-state index contributed by atoms with van der Waals surface area (Å²) in [6.45, 7) is 0.0499. The summed E-state index contributed by atoms with van der Waals surface area (Å²) in [5.74, 6) is -0.456. The Hall–Kier alpha value is -2.60. The van der Waals surface area contributed by atoms with Gasteiger partial charge in [0.25, 0.3) is 5.91 Å². The number of aromatic nitrogens is 1. The first-order chi connectivity index (χ1) is 10.0. The number of nitrogens with two attached hydrogens (primary N) is 1. The monoisotopic (exact) mass is 305 g/mol. The number of carbonyl (C=O) groups excluding carboxylic acids is 2. The molecule has 108 valence electrons. The first-order valence-electron chi connectivity index (χ1n) is 6.14. The molecule has 7 heteroatoms. The predicted molar refractivity (Wildman–Crippen MR) is 79.9 cm³/mol. The van der Waals surface area contributed by atoms with Crippen LogP contribution in [0.3, 0.4) is 0 Å². The third kappa shape index (κ3) is 4.77. The largest absolute Gasteiger partial charge is 0.364 e. The van der Waals surface area contributed by atoms with Crippen molar-refractivity contribution < 1.29 is 14.2 Å². The van der Waals surface area contributed by atoms with Crippen LogP contribution in [0.1, 0.15) is 0 Å². The van der Waals surface area contributed by atoms with Gasteiger partial charge in [0.2, 0.25) is 6.54 Å². The summed E-state index contributed by atoms with van der Waals surface area (Å²) < 4.78 is 1.58. The van der Waals surface area contributed by atoms with E-state index >= 15 is 0 Å². The van der Waals surface area contributed by atoms with E-state index < -0.39 is 11.9 Å². The highest BCUT2D eigenvalue weighted by Crippen LogP contribution is 2.13. The molecule has 21 heavy (non-hydrogen) atoms. The minimum Gasteiger partial charge on any atom is -0.364 e. The number of primary amides is 1. The Labute approximate surface area is 126 Å². The number of nitrogens with zero attached hydrogens (tertiary/aromatic N) is 1. The zero-order chi connectivity index (χ0) is 15.2. The molecule has 0 aliphatic rings. The lowest BCUT2D eigenvalue weighted by molar-refractivity contribution is -0.683. The van der Waals surface area contributed by atoms with E-state index in [1.165, 1.54) is 0 Å². The standard InChI is InChI=1S/C14H13ClN4O2/c15-10-3-5-11(6-4-10)17-14(21)18-12-2-1-7-19(8-12)9-13(16)20/h1-8H,9H2,(H3-,16,17,18,20,21)/p+1. The van der Waals surface area contributed by atoms with Crippen LogP contribution in [0.2, 0.25) is 5.02 Å². The van der Waals surface area contributed by atoms with Crippen LogP contribution in [0.25, 0.3) is 0 Å². The van der Waals surface area contributed by atoms with Gasteiger partial charge in [0, 0.05) is 16.8 Å². The van der Waals surface area contributed by atoms with Crippen LogP contribution >= 0.6 is 11.6 Å². The Bertz CT molecular complexity index is 658. The number of hydrogen-bond donors (Lipinski definition) is 3. The van der Waals surface area contributed by atoms with Crippen molar-refractivity contribution in [2.24, 2.45) is 5.73 Å². The van der Waals surface area contributed by atoms with Crippen molar-refractivity contribution in [1.29, 1.82) is 0 Å². The van der Waals surface area contributed by atoms with Crippen molar-refractivity contribution in [3.8, 4) is 0 Å². The third-order valence-corrected chi connectivity index (χ3v) is 2.81. The molecular weight excluding hydrogens is 292 g/mol. The van der Waals surface area contributed by atoms with E-state index in [2.05, 4.69) is 10.6 Å². The molecule has 1 aromatic carbocycles. The van der Waals surface area contributed by atoms with Crippen molar-refractivity contribution in [3.05, 3.63) is 53.8 Å². The number of pyridine rings is 1. The molecule has 2 rings (SSSR count). The first kappa shape index (κ1) is 14.8. The second-order valence-corrected chi connectivity index (χ2v) is 4.75. The Morgan fingerprint density at radius 2 is 1.76 bits per heavy atom. The minimum absolute atomic E-state index is 0.0499. The van der Waals surface area contributed by atoms with Crippen LogP contribution in [0.5, 0.6) is 0 Å². The normalized spacial score (nSPS) is 9.95. The summed E-state index contributed by atoms with van der Waals surface area (Å²) in [6.07, 6.45) is 3.30. The van der Waals surface area contributed by atoms with E-state index in [1.807, 2.05) is 0 Å². The van der Waals surface area contributed by atoms with Gasteiger partial charge < -0.3 is 16.4 Å². The second-order valence-electron chi connectivity index (χ2n) is 4.32. The molecule has 2 aromatic rings. The molecule has 0 unspecified atom stereocenters. The van der Waals surface area contributed by atoms with E-state index in [-0.39, 0.29) is 6.54 Å². The van der Waals surface area contributed by atoms with E-state index in [9.17, 15) is 9.59 Å². The fraction of sp³-hybridized carbons (Fsp3) is 0.0714. The lowest BCUT2D eigenvalue weighted by atomic mass is 10.3. The van der Waals surface area contributed by atoms with E-state index in [0.717, 1.165) is 0 Å². The Morgan fingerprint density at radius 3 is 2.43 bits per heavy atom. The number of benzene rings is 1. The topological polar surface area (TPSA) is 88.1 Å². The van der Waals surface area contributed by atoms with Crippen LogP contribution in [-0.4, -0.2) is 11.9 Å². The molecule has 0 bridgehead atoms. The molecule has 0 radical (unpaired) electrons. The highest BCUT2D eigenvalue weighted by atomic mass is 35.5. The summed E-state index contributed by atoms with van der Waals surface area (Å²) >= 11 is 5.77. The van der Waals surface area contributed by atoms with Crippen LogP contribution in [0, 0.1) is 0 Å². The zero-order valence-corrected chi connectivity index (χ0v) is 11.8. The van der Waals surface area contributed by atoms with Gasteiger partial charge in [-0.15, -0.1) is 0 Å². The van der Waals surface area contributed by atoms with Crippen molar-refractivity contribution in [3.63, 3.8) is 0 Å². The van der Waals surface area contributed by atoms with Crippen molar-refractivity contribution in [2.75, 3.05) is 10.6 Å². The van der Waals surface area contributed by atoms with E-state index in [4.69, 9.17) is 17.3 Å². The number of rotatable bonds is 4. The number of carbonyl (C=O) groups is 2. The molecule has 0 aliphatic heterocycles. The Balaban J connectivity index is 1.99. The lowest BCUT2D eigenvalue weighted by Crippen LogP contribution is -2.40. The van der Waals surface area contributed by atoms with Crippen LogP contribution in [-0.2, 0) is 11.3 Å². The highest BCUT2D eigenvalue weighted by molar-refractivity contribution is 6.30. The number of hydrogen-bond acceptors (Lipinski definition) is 2. The molecule has 4 N–H and O–H groups in total. The first-order valence-corrected chi connectivity index (χ1v) is 6.52. The fourth-order valence-corrected chi connectivity index (χ4v) is 1.83.